The Kier molecular flexibility index (Phi) is 6.94. The van der Waals surface area contributed by atoms with E-state index < -0.39 is 11.9 Å². The number of aromatic nitrogens is 1. The van der Waals surface area contributed by atoms with Crippen LogP contribution in [0.2, 0.25) is 0 Å². The molecule has 0 aliphatic heterocycles. The number of carboxylic acid groups (broad SMARTS) is 2. The van der Waals surface area contributed by atoms with Crippen molar-refractivity contribution in [1.29, 1.82) is 0 Å². The Morgan fingerprint density at radius 3 is 2.35 bits per heavy atom. The van der Waals surface area contributed by atoms with Crippen LogP contribution in [0.4, 0.5) is 0 Å². The summed E-state index contributed by atoms with van der Waals surface area (Å²) < 4.78 is 0. The van der Waals surface area contributed by atoms with Gasteiger partial charge in [-0.1, -0.05) is 12.1 Å². The largest absolute Gasteiger partial charge is 0.473 e. The zero-order valence-electron chi connectivity index (χ0n) is 10.5. The molecule has 6 nitrogen and oxygen atoms in total. The molecule has 0 unspecified atom stereocenters. The molecule has 0 aliphatic rings. The van der Waals surface area contributed by atoms with Crippen LogP contribution in [0.5, 0.6) is 0 Å². The molecule has 0 aromatic carbocycles. The molecule has 0 aliphatic carbocycles. The van der Waals surface area contributed by atoms with E-state index in [4.69, 9.17) is 19.8 Å². The molecule has 20 heavy (non-hydrogen) atoms. The summed E-state index contributed by atoms with van der Waals surface area (Å²) in [7, 11) is 0. The maximum Gasteiger partial charge on any atom is 0.414 e. The van der Waals surface area contributed by atoms with Crippen molar-refractivity contribution in [3.05, 3.63) is 52.5 Å². The van der Waals surface area contributed by atoms with Crippen molar-refractivity contribution < 1.29 is 19.8 Å². The summed E-state index contributed by atoms with van der Waals surface area (Å²) in [5, 5.41) is 20.2. The molecule has 7 heteroatoms. The van der Waals surface area contributed by atoms with E-state index >= 15 is 0 Å². The van der Waals surface area contributed by atoms with E-state index in [0.717, 1.165) is 18.8 Å². The number of nitrogens with zero attached hydrogens (tertiary/aromatic N) is 1. The lowest BCUT2D eigenvalue weighted by molar-refractivity contribution is -0.159. The minimum absolute atomic E-state index is 0.832. The Balaban J connectivity index is 0.000000286. The summed E-state index contributed by atoms with van der Waals surface area (Å²) >= 11 is 1.78. The molecule has 0 amide bonds. The van der Waals surface area contributed by atoms with Crippen LogP contribution in [-0.4, -0.2) is 27.1 Å². The predicted molar refractivity (Wildman–Crippen MR) is 74.4 cm³/mol. The lowest BCUT2D eigenvalue weighted by Gasteiger charge is -2.01. The number of carbonyl (C=O) groups is 2. The van der Waals surface area contributed by atoms with E-state index in [9.17, 15) is 0 Å². The first-order valence-corrected chi connectivity index (χ1v) is 6.56. The van der Waals surface area contributed by atoms with Gasteiger partial charge in [-0.3, -0.25) is 4.98 Å². The lowest BCUT2D eigenvalue weighted by Crippen LogP contribution is -2.12. The number of nitrogens with one attached hydrogen (secondary N) is 1. The maximum atomic E-state index is 9.10. The first-order valence-electron chi connectivity index (χ1n) is 5.69. The number of pyridine rings is 1. The van der Waals surface area contributed by atoms with Gasteiger partial charge in [-0.05, 0) is 23.6 Å². The minimum atomic E-state index is -1.82. The third kappa shape index (κ3) is 6.62. The summed E-state index contributed by atoms with van der Waals surface area (Å²) in [6.45, 7) is 1.76. The van der Waals surface area contributed by atoms with Crippen LogP contribution in [0.1, 0.15) is 10.6 Å². The Bertz CT molecular complexity index is 517. The van der Waals surface area contributed by atoms with Gasteiger partial charge in [0, 0.05) is 24.2 Å². The van der Waals surface area contributed by atoms with Crippen LogP contribution in [0, 0.1) is 0 Å². The number of carboxylic acids is 2. The number of hydrogen-bond acceptors (Lipinski definition) is 5. The van der Waals surface area contributed by atoms with E-state index in [-0.39, 0.29) is 0 Å². The molecule has 0 saturated heterocycles. The molecule has 2 heterocycles. The Morgan fingerprint density at radius 2 is 1.85 bits per heavy atom. The molecule has 0 saturated carbocycles. The second-order valence-electron chi connectivity index (χ2n) is 3.61. The fourth-order valence-corrected chi connectivity index (χ4v) is 1.90. The molecule has 0 bridgehead atoms. The maximum absolute atomic E-state index is 9.10. The third-order valence-electron chi connectivity index (χ3n) is 2.09. The minimum Gasteiger partial charge on any atom is -0.473 e. The van der Waals surface area contributed by atoms with Crippen LogP contribution in [0.3, 0.4) is 0 Å². The van der Waals surface area contributed by atoms with E-state index in [1.165, 1.54) is 4.88 Å². The Hall–Kier alpha value is -2.25. The molecule has 0 radical (unpaired) electrons. The predicted octanol–water partition coefficient (Wildman–Crippen LogP) is 1.59. The Labute approximate surface area is 119 Å². The highest BCUT2D eigenvalue weighted by molar-refractivity contribution is 7.09. The average Bonchev–Trinajstić information content (AvgIpc) is 2.94. The van der Waals surface area contributed by atoms with Gasteiger partial charge in [-0.2, -0.15) is 0 Å². The smallest absolute Gasteiger partial charge is 0.414 e. The monoisotopic (exact) mass is 294 g/mol. The van der Waals surface area contributed by atoms with Gasteiger partial charge in [0.1, 0.15) is 0 Å². The second kappa shape index (κ2) is 8.78. The van der Waals surface area contributed by atoms with Crippen molar-refractivity contribution in [2.75, 3.05) is 0 Å². The first kappa shape index (κ1) is 15.8. The van der Waals surface area contributed by atoms with Gasteiger partial charge in [0.15, 0.2) is 0 Å². The van der Waals surface area contributed by atoms with Crippen molar-refractivity contribution >= 4 is 23.3 Å². The van der Waals surface area contributed by atoms with Crippen molar-refractivity contribution in [3.8, 4) is 0 Å². The van der Waals surface area contributed by atoms with Crippen LogP contribution in [0.25, 0.3) is 0 Å². The van der Waals surface area contributed by atoms with Crippen LogP contribution in [0.15, 0.2) is 41.9 Å². The van der Waals surface area contributed by atoms with Crippen molar-refractivity contribution in [1.82, 2.24) is 10.3 Å². The molecule has 106 valence electrons. The molecule has 0 fully saturated rings. The molecule has 2 aromatic heterocycles. The van der Waals surface area contributed by atoms with Crippen LogP contribution in [-0.2, 0) is 22.7 Å². The zero-order chi connectivity index (χ0) is 14.8. The fourth-order valence-electron chi connectivity index (χ4n) is 1.23. The highest BCUT2D eigenvalue weighted by Gasteiger charge is 2.04. The van der Waals surface area contributed by atoms with Gasteiger partial charge in [-0.15, -0.1) is 11.3 Å². The lowest BCUT2D eigenvalue weighted by atomic mass is 10.3. The van der Waals surface area contributed by atoms with E-state index in [1.807, 2.05) is 24.4 Å². The van der Waals surface area contributed by atoms with Crippen molar-refractivity contribution in [2.45, 2.75) is 13.1 Å². The molecule has 0 atom stereocenters. The molecular formula is C13H14N2O4S. The van der Waals surface area contributed by atoms with Gasteiger partial charge in [-0.25, -0.2) is 9.59 Å². The van der Waals surface area contributed by atoms with E-state index in [1.54, 1.807) is 11.3 Å². The topological polar surface area (TPSA) is 99.5 Å². The highest BCUT2D eigenvalue weighted by Crippen LogP contribution is 2.07. The summed E-state index contributed by atoms with van der Waals surface area (Å²) in [5.41, 5.74) is 1.09. The fraction of sp³-hybridized carbons (Fsp3) is 0.154. The molecule has 3 N–H and O–H groups in total. The van der Waals surface area contributed by atoms with E-state index in [0.29, 0.717) is 0 Å². The summed E-state index contributed by atoms with van der Waals surface area (Å²) in [4.78, 5) is 23.8. The SMILES string of the molecule is O=C(O)C(=O)O.c1ccc(CNCc2cccs2)nc1. The van der Waals surface area contributed by atoms with Gasteiger partial charge in [0.05, 0.1) is 5.69 Å². The average molecular weight is 294 g/mol. The van der Waals surface area contributed by atoms with Crippen LogP contribution >= 0.6 is 11.3 Å². The molecule has 2 aromatic rings. The summed E-state index contributed by atoms with van der Waals surface area (Å²) in [6, 6.07) is 10.2. The van der Waals surface area contributed by atoms with Gasteiger partial charge in [0.2, 0.25) is 0 Å². The van der Waals surface area contributed by atoms with Crippen molar-refractivity contribution in [2.24, 2.45) is 0 Å². The summed E-state index contributed by atoms with van der Waals surface area (Å²) in [5.74, 6) is -3.65. The van der Waals surface area contributed by atoms with E-state index in [2.05, 4.69) is 27.8 Å². The van der Waals surface area contributed by atoms with Gasteiger partial charge >= 0.3 is 11.9 Å². The highest BCUT2D eigenvalue weighted by atomic mass is 32.1. The number of rotatable bonds is 4. The first-order chi connectivity index (χ1) is 9.59. The van der Waals surface area contributed by atoms with Gasteiger partial charge < -0.3 is 15.5 Å². The summed E-state index contributed by atoms with van der Waals surface area (Å²) in [6.07, 6.45) is 1.82. The quantitative estimate of drug-likeness (QED) is 0.740. The molecule has 2 rings (SSSR count). The molecule has 0 spiro atoms. The normalized spacial score (nSPS) is 9.40. The number of hydrogen-bond donors (Lipinski definition) is 3. The van der Waals surface area contributed by atoms with Gasteiger partial charge in [0.25, 0.3) is 0 Å². The Morgan fingerprint density at radius 1 is 1.10 bits per heavy atom. The number of thiophene rings is 1. The molecular weight excluding hydrogens is 280 g/mol. The third-order valence-corrected chi connectivity index (χ3v) is 2.97. The van der Waals surface area contributed by atoms with Crippen molar-refractivity contribution in [3.63, 3.8) is 0 Å². The van der Waals surface area contributed by atoms with Crippen LogP contribution < -0.4 is 5.32 Å². The zero-order valence-corrected chi connectivity index (χ0v) is 11.3. The second-order valence-corrected chi connectivity index (χ2v) is 4.65. The standard InChI is InChI=1S/C11H12N2S.C2H2O4/c1-2-6-13-10(4-1)8-12-9-11-5-3-7-14-11;3-1(4)2(5)6/h1-7,12H,8-9H2;(H,3,4)(H,5,6). The number of aliphatic carboxylic acids is 2.